The van der Waals surface area contributed by atoms with Crippen LogP contribution in [0.5, 0.6) is 0 Å². The molecule has 13 nitrogen and oxygen atoms in total. The topological polar surface area (TPSA) is 186 Å². The first-order chi connectivity index (χ1) is 17.4. The number of carboxylic acid groups (broad SMARTS) is 1. The number of aromatic nitrogens is 4. The Morgan fingerprint density at radius 3 is 2.81 bits per heavy atom. The van der Waals surface area contributed by atoms with Gasteiger partial charge in [-0.15, -0.1) is 11.8 Å². The van der Waals surface area contributed by atoms with Crippen LogP contribution in [0.2, 0.25) is 0 Å². The first kappa shape index (κ1) is 24.9. The summed E-state index contributed by atoms with van der Waals surface area (Å²) >= 11 is 4.88. The molecule has 0 spiro atoms. The van der Waals surface area contributed by atoms with Gasteiger partial charge in [-0.05, 0) is 42.8 Å². The van der Waals surface area contributed by atoms with Crippen LogP contribution in [0.25, 0.3) is 0 Å². The predicted octanol–water partition coefficient (Wildman–Crippen LogP) is 1.17. The standard InChI is InChI=1S/C19H20N8O5S4/c20-18-24-13(26-35-18)10(25-32-9-3-1-2-4-9)14(28)23-11-15(29)27-12(17(30)31)8(5-33-16(11)27)6-34-19-21-7-22-36-19/h7,9,11,16H,1-6H2,(H,23,28)(H,30,31)(H2,20,24,26)/b25-10-/t11?,16-/m1/s1. The molecule has 2 aromatic heterocycles. The summed E-state index contributed by atoms with van der Waals surface area (Å²) in [5.41, 5.74) is 6.05. The second-order valence-electron chi connectivity index (χ2n) is 8.02. The molecule has 0 aromatic carbocycles. The van der Waals surface area contributed by atoms with E-state index in [0.717, 1.165) is 37.2 Å². The predicted molar refractivity (Wildman–Crippen MR) is 135 cm³/mol. The number of oxime groups is 1. The highest BCUT2D eigenvalue weighted by Gasteiger charge is 2.54. The fourth-order valence-electron chi connectivity index (χ4n) is 4.02. The molecule has 1 aliphatic carbocycles. The third-order valence-electron chi connectivity index (χ3n) is 5.71. The zero-order chi connectivity index (χ0) is 25.2. The molecule has 4 heterocycles. The van der Waals surface area contributed by atoms with Crippen molar-refractivity contribution in [3.63, 3.8) is 0 Å². The average molecular weight is 569 g/mol. The van der Waals surface area contributed by atoms with Gasteiger partial charge in [0.15, 0.2) is 9.47 Å². The van der Waals surface area contributed by atoms with Crippen molar-refractivity contribution >= 4 is 75.2 Å². The molecule has 2 aliphatic heterocycles. The van der Waals surface area contributed by atoms with Crippen LogP contribution in [0.3, 0.4) is 0 Å². The van der Waals surface area contributed by atoms with Gasteiger partial charge in [-0.1, -0.05) is 16.9 Å². The zero-order valence-corrected chi connectivity index (χ0v) is 21.8. The first-order valence-corrected chi connectivity index (χ1v) is 14.4. The molecule has 190 valence electrons. The van der Waals surface area contributed by atoms with Crippen LogP contribution >= 0.6 is 46.6 Å². The lowest BCUT2D eigenvalue weighted by Gasteiger charge is -2.49. The molecule has 0 bridgehead atoms. The van der Waals surface area contributed by atoms with Crippen molar-refractivity contribution in [1.29, 1.82) is 0 Å². The van der Waals surface area contributed by atoms with E-state index in [9.17, 15) is 19.5 Å². The Morgan fingerprint density at radius 1 is 1.33 bits per heavy atom. The number of rotatable bonds is 9. The van der Waals surface area contributed by atoms with Gasteiger partial charge in [0.25, 0.3) is 11.8 Å². The largest absolute Gasteiger partial charge is 0.477 e. The van der Waals surface area contributed by atoms with Crippen molar-refractivity contribution < 1.29 is 24.3 Å². The van der Waals surface area contributed by atoms with E-state index >= 15 is 0 Å². The normalized spacial score (nSPS) is 22.4. The van der Waals surface area contributed by atoms with Crippen molar-refractivity contribution in [3.8, 4) is 0 Å². The Bertz CT molecular complexity index is 1230. The molecule has 5 rings (SSSR count). The molecule has 17 heteroatoms. The second kappa shape index (κ2) is 10.7. The number of nitrogens with zero attached hydrogens (tertiary/aromatic N) is 6. The van der Waals surface area contributed by atoms with Crippen molar-refractivity contribution in [1.82, 2.24) is 28.9 Å². The zero-order valence-electron chi connectivity index (χ0n) is 18.5. The van der Waals surface area contributed by atoms with Crippen molar-refractivity contribution in [2.45, 2.75) is 47.5 Å². The molecule has 2 aromatic rings. The molecular formula is C19H20N8O5S4. The Labute approximate surface area is 221 Å². The summed E-state index contributed by atoms with van der Waals surface area (Å²) in [5.74, 6) is -1.63. The smallest absolute Gasteiger partial charge is 0.352 e. The average Bonchev–Trinajstić information content (AvgIpc) is 3.64. The number of hydrogen-bond acceptors (Lipinski definition) is 14. The highest BCUT2D eigenvalue weighted by molar-refractivity contribution is 8.01. The summed E-state index contributed by atoms with van der Waals surface area (Å²) in [6.07, 6.45) is 5.06. The van der Waals surface area contributed by atoms with E-state index in [2.05, 4.69) is 29.2 Å². The van der Waals surface area contributed by atoms with E-state index in [-0.39, 0.29) is 28.5 Å². The van der Waals surface area contributed by atoms with Gasteiger partial charge < -0.3 is 21.0 Å². The molecule has 2 atom stereocenters. The minimum Gasteiger partial charge on any atom is -0.477 e. The molecule has 1 saturated heterocycles. The van der Waals surface area contributed by atoms with Crippen LogP contribution in [0.15, 0.2) is 27.1 Å². The second-order valence-corrected chi connectivity index (χ2v) is 11.9. The SMILES string of the molecule is Nc1nc(/C(=N/OC2CCCC2)C(=O)NC2C(=O)N3C(C(=O)O)=C(CSc4ncns4)CS[C@H]23)ns1. The molecule has 36 heavy (non-hydrogen) atoms. The van der Waals surface area contributed by atoms with E-state index in [1.165, 1.54) is 46.3 Å². The Hall–Kier alpha value is -2.76. The number of hydrogen-bond donors (Lipinski definition) is 3. The molecule has 2 fully saturated rings. The van der Waals surface area contributed by atoms with Crippen LogP contribution in [0.4, 0.5) is 5.13 Å². The summed E-state index contributed by atoms with van der Waals surface area (Å²) in [6, 6.07) is -0.929. The molecule has 1 unspecified atom stereocenters. The monoisotopic (exact) mass is 568 g/mol. The van der Waals surface area contributed by atoms with Crippen molar-refractivity contribution in [2.24, 2.45) is 5.16 Å². The summed E-state index contributed by atoms with van der Waals surface area (Å²) < 4.78 is 8.70. The highest BCUT2D eigenvalue weighted by atomic mass is 32.2. The number of anilines is 1. The molecule has 2 amide bonds. The lowest BCUT2D eigenvalue weighted by molar-refractivity contribution is -0.150. The number of carbonyl (C=O) groups is 3. The van der Waals surface area contributed by atoms with E-state index in [1.54, 1.807) is 0 Å². The van der Waals surface area contributed by atoms with Gasteiger partial charge in [-0.2, -0.15) is 13.7 Å². The van der Waals surface area contributed by atoms with E-state index < -0.39 is 29.2 Å². The van der Waals surface area contributed by atoms with Crippen LogP contribution in [0, 0.1) is 0 Å². The quantitative estimate of drug-likeness (QED) is 0.170. The maximum Gasteiger partial charge on any atom is 0.352 e. The van der Waals surface area contributed by atoms with E-state index in [0.29, 0.717) is 21.4 Å². The summed E-state index contributed by atoms with van der Waals surface area (Å²) in [4.78, 5) is 53.1. The van der Waals surface area contributed by atoms with Gasteiger partial charge in [0, 0.05) is 23.0 Å². The lowest BCUT2D eigenvalue weighted by Crippen LogP contribution is -2.71. The fraction of sp³-hybridized carbons (Fsp3) is 0.474. The summed E-state index contributed by atoms with van der Waals surface area (Å²) in [5, 5.41) is 16.1. The molecular weight excluding hydrogens is 549 g/mol. The highest BCUT2D eigenvalue weighted by Crippen LogP contribution is 2.41. The minimum absolute atomic E-state index is 0.00929. The summed E-state index contributed by atoms with van der Waals surface area (Å²) in [7, 11) is 0. The van der Waals surface area contributed by atoms with Gasteiger partial charge in [0.05, 0.1) is 0 Å². The third kappa shape index (κ3) is 5.05. The Kier molecular flexibility index (Phi) is 7.40. The van der Waals surface area contributed by atoms with Crippen molar-refractivity contribution in [3.05, 3.63) is 23.4 Å². The van der Waals surface area contributed by atoms with Crippen LogP contribution in [-0.4, -0.2) is 81.2 Å². The van der Waals surface area contributed by atoms with E-state index in [1.807, 2.05) is 0 Å². The maximum atomic E-state index is 13.1. The van der Waals surface area contributed by atoms with Gasteiger partial charge in [0.2, 0.25) is 11.5 Å². The Balaban J connectivity index is 1.30. The number of nitrogen functional groups attached to an aromatic ring is 1. The molecule has 1 saturated carbocycles. The molecule has 4 N–H and O–H groups in total. The number of carbonyl (C=O) groups excluding carboxylic acids is 2. The third-order valence-corrected chi connectivity index (χ3v) is 9.48. The van der Waals surface area contributed by atoms with Crippen LogP contribution in [0.1, 0.15) is 31.5 Å². The van der Waals surface area contributed by atoms with Gasteiger partial charge in [0.1, 0.15) is 29.5 Å². The number of thioether (sulfide) groups is 2. The maximum absolute atomic E-state index is 13.1. The van der Waals surface area contributed by atoms with E-state index in [4.69, 9.17) is 10.6 Å². The number of amides is 2. The van der Waals surface area contributed by atoms with Crippen LogP contribution in [-0.2, 0) is 19.2 Å². The van der Waals surface area contributed by atoms with Gasteiger partial charge >= 0.3 is 5.97 Å². The van der Waals surface area contributed by atoms with Gasteiger partial charge in [-0.3, -0.25) is 14.5 Å². The molecule has 3 aliphatic rings. The minimum atomic E-state index is -1.19. The van der Waals surface area contributed by atoms with Crippen molar-refractivity contribution in [2.75, 3.05) is 17.2 Å². The summed E-state index contributed by atoms with van der Waals surface area (Å²) in [6.45, 7) is 0. The number of aliphatic carboxylic acids is 1. The van der Waals surface area contributed by atoms with Gasteiger partial charge in [-0.25, -0.2) is 9.78 Å². The van der Waals surface area contributed by atoms with Crippen LogP contribution < -0.4 is 11.1 Å². The Morgan fingerprint density at radius 2 is 2.14 bits per heavy atom. The first-order valence-electron chi connectivity index (χ1n) is 10.9. The number of fused-ring (bicyclic) bond motifs is 1. The fourth-order valence-corrected chi connectivity index (χ4v) is 7.38. The lowest BCUT2D eigenvalue weighted by atomic mass is 10.0. The number of nitrogens with one attached hydrogen (secondary N) is 1. The number of β-lactam (4-membered cyclic amide) rings is 1. The molecule has 0 radical (unpaired) electrons. The number of carboxylic acids is 1. The number of nitrogens with two attached hydrogens (primary N) is 1.